The lowest BCUT2D eigenvalue weighted by Gasteiger charge is -2.03. The highest BCUT2D eigenvalue weighted by molar-refractivity contribution is 7.89. The van der Waals surface area contributed by atoms with Crippen LogP contribution >= 0.6 is 0 Å². The summed E-state index contributed by atoms with van der Waals surface area (Å²) in [6.07, 6.45) is 0. The molecular weight excluding hydrogens is 342 g/mol. The molecule has 0 saturated carbocycles. The van der Waals surface area contributed by atoms with Crippen LogP contribution in [-0.2, 0) is 16.6 Å². The Bertz CT molecular complexity index is 922. The molecule has 0 amide bonds. The largest absolute Gasteiger partial charge is 0.494 e. The van der Waals surface area contributed by atoms with Crippen molar-refractivity contribution in [3.05, 3.63) is 60.5 Å². The summed E-state index contributed by atoms with van der Waals surface area (Å²) in [5.74, 6) is 1.32. The molecule has 1 aromatic heterocycles. The van der Waals surface area contributed by atoms with Gasteiger partial charge < -0.3 is 9.26 Å². The normalized spacial score (nSPS) is 11.4. The Morgan fingerprint density at radius 1 is 1.08 bits per heavy atom. The third-order valence-corrected chi connectivity index (χ3v) is 4.78. The minimum Gasteiger partial charge on any atom is -0.494 e. The van der Waals surface area contributed by atoms with Crippen molar-refractivity contribution in [1.82, 2.24) is 14.9 Å². The second-order valence-electron chi connectivity index (χ2n) is 5.11. The van der Waals surface area contributed by atoms with Crippen LogP contribution in [0.25, 0.3) is 11.4 Å². The summed E-state index contributed by atoms with van der Waals surface area (Å²) in [5.41, 5.74) is 0.754. The fourth-order valence-corrected chi connectivity index (χ4v) is 3.15. The monoisotopic (exact) mass is 359 g/mol. The van der Waals surface area contributed by atoms with Crippen molar-refractivity contribution >= 4 is 10.0 Å². The lowest BCUT2D eigenvalue weighted by molar-refractivity contribution is 0.340. The third kappa shape index (κ3) is 4.23. The van der Waals surface area contributed by atoms with Gasteiger partial charge in [-0.05, 0) is 43.3 Å². The van der Waals surface area contributed by atoms with E-state index in [9.17, 15) is 8.42 Å². The number of sulfonamides is 1. The molecule has 25 heavy (non-hydrogen) atoms. The van der Waals surface area contributed by atoms with E-state index in [4.69, 9.17) is 9.26 Å². The van der Waals surface area contributed by atoms with E-state index in [1.54, 1.807) is 18.2 Å². The number of ether oxygens (including phenoxy) is 1. The van der Waals surface area contributed by atoms with Gasteiger partial charge in [-0.25, -0.2) is 13.1 Å². The van der Waals surface area contributed by atoms with Crippen LogP contribution in [0.2, 0.25) is 0 Å². The first-order valence-electron chi connectivity index (χ1n) is 7.69. The Kier molecular flexibility index (Phi) is 5.11. The van der Waals surface area contributed by atoms with Crippen LogP contribution < -0.4 is 9.46 Å². The van der Waals surface area contributed by atoms with Crippen LogP contribution in [0, 0.1) is 0 Å². The van der Waals surface area contributed by atoms with Gasteiger partial charge >= 0.3 is 0 Å². The van der Waals surface area contributed by atoms with Gasteiger partial charge in [-0.15, -0.1) is 0 Å². The van der Waals surface area contributed by atoms with Crippen LogP contribution in [0.5, 0.6) is 5.75 Å². The van der Waals surface area contributed by atoms with Gasteiger partial charge in [0.15, 0.2) is 0 Å². The van der Waals surface area contributed by atoms with E-state index in [2.05, 4.69) is 14.9 Å². The van der Waals surface area contributed by atoms with Crippen molar-refractivity contribution < 1.29 is 17.7 Å². The van der Waals surface area contributed by atoms with E-state index in [1.165, 1.54) is 12.1 Å². The van der Waals surface area contributed by atoms with Gasteiger partial charge in [0, 0.05) is 5.56 Å². The Morgan fingerprint density at radius 3 is 2.48 bits per heavy atom. The number of nitrogens with zero attached hydrogens (tertiary/aromatic N) is 2. The van der Waals surface area contributed by atoms with Crippen molar-refractivity contribution in [3.63, 3.8) is 0 Å². The van der Waals surface area contributed by atoms with Gasteiger partial charge in [0.05, 0.1) is 18.0 Å². The topological polar surface area (TPSA) is 94.3 Å². The van der Waals surface area contributed by atoms with Crippen molar-refractivity contribution in [2.75, 3.05) is 6.61 Å². The molecule has 3 aromatic rings. The number of hydrogen-bond donors (Lipinski definition) is 1. The van der Waals surface area contributed by atoms with E-state index >= 15 is 0 Å². The molecule has 0 aliphatic carbocycles. The van der Waals surface area contributed by atoms with Gasteiger partial charge in [-0.2, -0.15) is 4.98 Å². The van der Waals surface area contributed by atoms with Crippen molar-refractivity contribution in [3.8, 4) is 17.1 Å². The van der Waals surface area contributed by atoms with Crippen LogP contribution in [-0.4, -0.2) is 25.2 Å². The molecule has 1 N–H and O–H groups in total. The lowest BCUT2D eigenvalue weighted by atomic mass is 10.2. The summed E-state index contributed by atoms with van der Waals surface area (Å²) in [4.78, 5) is 4.39. The van der Waals surface area contributed by atoms with Crippen LogP contribution in [0.4, 0.5) is 0 Å². The maximum absolute atomic E-state index is 12.2. The molecule has 130 valence electrons. The summed E-state index contributed by atoms with van der Waals surface area (Å²) >= 11 is 0. The highest BCUT2D eigenvalue weighted by Gasteiger charge is 2.15. The summed E-state index contributed by atoms with van der Waals surface area (Å²) in [5, 5.41) is 3.87. The van der Waals surface area contributed by atoms with Crippen molar-refractivity contribution in [2.45, 2.75) is 18.4 Å². The molecule has 3 rings (SSSR count). The van der Waals surface area contributed by atoms with E-state index in [-0.39, 0.29) is 17.3 Å². The number of hydrogen-bond acceptors (Lipinski definition) is 6. The lowest BCUT2D eigenvalue weighted by Crippen LogP contribution is -2.23. The highest BCUT2D eigenvalue weighted by atomic mass is 32.2. The zero-order valence-corrected chi connectivity index (χ0v) is 14.4. The first-order valence-corrected chi connectivity index (χ1v) is 9.17. The second-order valence-corrected chi connectivity index (χ2v) is 6.87. The van der Waals surface area contributed by atoms with Crippen molar-refractivity contribution in [2.24, 2.45) is 0 Å². The van der Waals surface area contributed by atoms with Gasteiger partial charge in [-0.1, -0.05) is 23.4 Å². The van der Waals surface area contributed by atoms with E-state index in [1.807, 2.05) is 31.2 Å². The molecule has 0 saturated heterocycles. The number of nitrogens with one attached hydrogen (secondary N) is 1. The molecule has 8 heteroatoms. The summed E-state index contributed by atoms with van der Waals surface area (Å²) in [6, 6.07) is 15.3. The van der Waals surface area contributed by atoms with Gasteiger partial charge in [0.2, 0.25) is 21.7 Å². The fraction of sp³-hybridized carbons (Fsp3) is 0.176. The fourth-order valence-electron chi connectivity index (χ4n) is 2.15. The minimum atomic E-state index is -3.62. The smallest absolute Gasteiger partial charge is 0.242 e. The van der Waals surface area contributed by atoms with E-state index < -0.39 is 10.0 Å². The van der Waals surface area contributed by atoms with Gasteiger partial charge in [-0.3, -0.25) is 0 Å². The molecule has 0 atom stereocenters. The third-order valence-electron chi connectivity index (χ3n) is 3.36. The Labute approximate surface area is 145 Å². The molecular formula is C17H17N3O4S. The average molecular weight is 359 g/mol. The van der Waals surface area contributed by atoms with E-state index in [0.717, 1.165) is 11.3 Å². The number of aromatic nitrogens is 2. The number of rotatable bonds is 7. The van der Waals surface area contributed by atoms with E-state index in [0.29, 0.717) is 12.4 Å². The zero-order chi connectivity index (χ0) is 17.7. The molecule has 0 aliphatic heterocycles. The zero-order valence-electron chi connectivity index (χ0n) is 13.5. The van der Waals surface area contributed by atoms with Gasteiger partial charge in [0.1, 0.15) is 5.75 Å². The minimum absolute atomic E-state index is 0.0821. The summed E-state index contributed by atoms with van der Waals surface area (Å²) < 4.78 is 37.3. The van der Waals surface area contributed by atoms with Gasteiger partial charge in [0.25, 0.3) is 0 Å². The molecule has 0 bridgehead atoms. The van der Waals surface area contributed by atoms with Crippen LogP contribution in [0.15, 0.2) is 64.0 Å². The molecule has 0 radical (unpaired) electrons. The average Bonchev–Trinajstić information content (AvgIpc) is 3.11. The standard InChI is InChI=1S/C17H17N3O4S/c1-2-23-14-10-8-13(9-11-14)17-19-16(24-20-17)12-18-25(21,22)15-6-4-3-5-7-15/h3-11,18H,2,12H2,1H3. The quantitative estimate of drug-likeness (QED) is 0.697. The maximum atomic E-state index is 12.2. The SMILES string of the molecule is CCOc1ccc(-c2noc(CNS(=O)(=O)c3ccccc3)n2)cc1. The van der Waals surface area contributed by atoms with Crippen LogP contribution in [0.3, 0.4) is 0 Å². The molecule has 7 nitrogen and oxygen atoms in total. The molecule has 0 fully saturated rings. The summed E-state index contributed by atoms with van der Waals surface area (Å²) in [7, 11) is -3.62. The second kappa shape index (κ2) is 7.45. The molecule has 1 heterocycles. The maximum Gasteiger partial charge on any atom is 0.242 e. The first-order chi connectivity index (χ1) is 12.1. The summed E-state index contributed by atoms with van der Waals surface area (Å²) in [6.45, 7) is 2.42. The molecule has 0 unspecified atom stereocenters. The Hall–Kier alpha value is -2.71. The van der Waals surface area contributed by atoms with Crippen LogP contribution in [0.1, 0.15) is 12.8 Å². The number of benzene rings is 2. The molecule has 0 aliphatic rings. The first kappa shape index (κ1) is 17.1. The molecule has 2 aromatic carbocycles. The molecule has 0 spiro atoms. The van der Waals surface area contributed by atoms with Crippen molar-refractivity contribution in [1.29, 1.82) is 0 Å². The Balaban J connectivity index is 1.68. The highest BCUT2D eigenvalue weighted by Crippen LogP contribution is 2.20. The Morgan fingerprint density at radius 2 is 1.80 bits per heavy atom. The predicted octanol–water partition coefficient (Wildman–Crippen LogP) is 2.61. The predicted molar refractivity (Wildman–Crippen MR) is 91.4 cm³/mol.